The topological polar surface area (TPSA) is 54.4 Å². The summed E-state index contributed by atoms with van der Waals surface area (Å²) in [6, 6.07) is 9.74. The first-order chi connectivity index (χ1) is 8.02. The van der Waals surface area contributed by atoms with Gasteiger partial charge < -0.3 is 5.11 Å². The first-order valence-electron chi connectivity index (χ1n) is 5.82. The number of carboxylic acid groups (broad SMARTS) is 1. The second-order valence-electron chi connectivity index (χ2n) is 4.37. The lowest BCUT2D eigenvalue weighted by molar-refractivity contribution is -0.145. The highest BCUT2D eigenvalue weighted by Gasteiger charge is 2.24. The molecule has 3 nitrogen and oxygen atoms in total. The SMILES string of the molecule is CC(C(=O)O)C(C)C(=O)CCc1ccccc1. The summed E-state index contributed by atoms with van der Waals surface area (Å²) in [4.78, 5) is 22.6. The number of hydrogen-bond acceptors (Lipinski definition) is 2. The number of aryl methyl sites for hydroxylation is 1. The Morgan fingerprint density at radius 3 is 2.24 bits per heavy atom. The maximum atomic E-state index is 11.8. The van der Waals surface area contributed by atoms with E-state index in [9.17, 15) is 9.59 Å². The van der Waals surface area contributed by atoms with Crippen molar-refractivity contribution in [2.45, 2.75) is 26.7 Å². The van der Waals surface area contributed by atoms with Crippen LogP contribution in [0.15, 0.2) is 30.3 Å². The Balaban J connectivity index is 2.47. The minimum atomic E-state index is -0.912. The quantitative estimate of drug-likeness (QED) is 0.823. The molecule has 1 aromatic rings. The van der Waals surface area contributed by atoms with Gasteiger partial charge in [0.25, 0.3) is 0 Å². The number of rotatable bonds is 6. The molecule has 2 unspecified atom stereocenters. The van der Waals surface area contributed by atoms with Crippen molar-refractivity contribution in [1.29, 1.82) is 0 Å². The molecule has 1 rings (SSSR count). The molecule has 0 aliphatic carbocycles. The van der Waals surface area contributed by atoms with Gasteiger partial charge in [-0.2, -0.15) is 0 Å². The van der Waals surface area contributed by atoms with Crippen LogP contribution in [0.3, 0.4) is 0 Å². The van der Waals surface area contributed by atoms with E-state index in [2.05, 4.69) is 0 Å². The van der Waals surface area contributed by atoms with E-state index >= 15 is 0 Å². The fraction of sp³-hybridized carbons (Fsp3) is 0.429. The minimum absolute atomic E-state index is 0.0174. The summed E-state index contributed by atoms with van der Waals surface area (Å²) in [6.07, 6.45) is 1.08. The Kier molecular flexibility index (Phi) is 4.88. The number of carbonyl (C=O) groups is 2. The zero-order valence-corrected chi connectivity index (χ0v) is 10.2. The van der Waals surface area contributed by atoms with Crippen LogP contribution in [-0.2, 0) is 16.0 Å². The summed E-state index contributed by atoms with van der Waals surface area (Å²) in [7, 11) is 0. The van der Waals surface area contributed by atoms with Gasteiger partial charge in [-0.15, -0.1) is 0 Å². The maximum absolute atomic E-state index is 11.8. The van der Waals surface area contributed by atoms with Gasteiger partial charge in [0.15, 0.2) is 0 Å². The third kappa shape index (κ3) is 4.02. The molecule has 0 amide bonds. The van der Waals surface area contributed by atoms with E-state index in [-0.39, 0.29) is 5.78 Å². The summed E-state index contributed by atoms with van der Waals surface area (Å²) >= 11 is 0. The Bertz CT molecular complexity index is 384. The highest BCUT2D eigenvalue weighted by Crippen LogP contribution is 2.15. The molecule has 0 fully saturated rings. The highest BCUT2D eigenvalue weighted by atomic mass is 16.4. The molecule has 92 valence electrons. The lowest BCUT2D eigenvalue weighted by Gasteiger charge is -2.14. The van der Waals surface area contributed by atoms with Gasteiger partial charge in [-0.05, 0) is 12.0 Å². The molecule has 1 aromatic carbocycles. The van der Waals surface area contributed by atoms with Gasteiger partial charge in [0.1, 0.15) is 5.78 Å². The zero-order chi connectivity index (χ0) is 12.8. The molecule has 0 bridgehead atoms. The van der Waals surface area contributed by atoms with Crippen molar-refractivity contribution in [2.24, 2.45) is 11.8 Å². The molecular formula is C14H18O3. The molecule has 3 heteroatoms. The summed E-state index contributed by atoms with van der Waals surface area (Å²) in [6.45, 7) is 3.26. The van der Waals surface area contributed by atoms with Crippen molar-refractivity contribution >= 4 is 11.8 Å². The van der Waals surface area contributed by atoms with Crippen LogP contribution >= 0.6 is 0 Å². The zero-order valence-electron chi connectivity index (χ0n) is 10.2. The normalized spacial score (nSPS) is 14.0. The smallest absolute Gasteiger partial charge is 0.306 e. The molecule has 0 spiro atoms. The van der Waals surface area contributed by atoms with Crippen molar-refractivity contribution in [3.63, 3.8) is 0 Å². The van der Waals surface area contributed by atoms with Crippen molar-refractivity contribution in [3.8, 4) is 0 Å². The van der Waals surface area contributed by atoms with Crippen molar-refractivity contribution in [3.05, 3.63) is 35.9 Å². The van der Waals surface area contributed by atoms with Crippen molar-refractivity contribution < 1.29 is 14.7 Å². The number of carbonyl (C=O) groups excluding carboxylic acids is 1. The Labute approximate surface area is 101 Å². The number of benzene rings is 1. The van der Waals surface area contributed by atoms with E-state index in [4.69, 9.17) is 5.11 Å². The number of hydrogen-bond donors (Lipinski definition) is 1. The molecule has 0 saturated heterocycles. The molecule has 0 heterocycles. The van der Waals surface area contributed by atoms with Gasteiger partial charge in [0.05, 0.1) is 5.92 Å². The van der Waals surface area contributed by atoms with Crippen LogP contribution in [0.1, 0.15) is 25.8 Å². The second kappa shape index (κ2) is 6.18. The Morgan fingerprint density at radius 2 is 1.71 bits per heavy atom. The minimum Gasteiger partial charge on any atom is -0.481 e. The predicted molar refractivity (Wildman–Crippen MR) is 65.7 cm³/mol. The second-order valence-corrected chi connectivity index (χ2v) is 4.37. The van der Waals surface area contributed by atoms with Gasteiger partial charge in [-0.3, -0.25) is 9.59 Å². The summed E-state index contributed by atoms with van der Waals surface area (Å²) < 4.78 is 0. The largest absolute Gasteiger partial charge is 0.481 e. The molecular weight excluding hydrogens is 216 g/mol. The average molecular weight is 234 g/mol. The lowest BCUT2D eigenvalue weighted by atomic mass is 9.89. The van der Waals surface area contributed by atoms with Gasteiger partial charge in [0.2, 0.25) is 0 Å². The van der Waals surface area contributed by atoms with Crippen molar-refractivity contribution in [2.75, 3.05) is 0 Å². The Hall–Kier alpha value is -1.64. The summed E-state index contributed by atoms with van der Waals surface area (Å²) in [5, 5.41) is 8.83. The first kappa shape index (κ1) is 13.4. The van der Waals surface area contributed by atoms with E-state index in [1.54, 1.807) is 13.8 Å². The number of Topliss-reactive ketones (excluding diaryl/α,β-unsaturated/α-hetero) is 1. The summed E-state index contributed by atoms with van der Waals surface area (Å²) in [5.41, 5.74) is 1.11. The van der Waals surface area contributed by atoms with Crippen LogP contribution in [-0.4, -0.2) is 16.9 Å². The van der Waals surface area contributed by atoms with Gasteiger partial charge in [-0.25, -0.2) is 0 Å². The molecule has 0 aliphatic rings. The maximum Gasteiger partial charge on any atom is 0.306 e. The molecule has 0 saturated carbocycles. The fourth-order valence-electron chi connectivity index (χ4n) is 1.63. The Morgan fingerprint density at radius 1 is 1.12 bits per heavy atom. The van der Waals surface area contributed by atoms with E-state index in [1.807, 2.05) is 30.3 Å². The van der Waals surface area contributed by atoms with Gasteiger partial charge >= 0.3 is 5.97 Å². The third-order valence-electron chi connectivity index (χ3n) is 3.15. The predicted octanol–water partition coefficient (Wildman–Crippen LogP) is 2.55. The van der Waals surface area contributed by atoms with Crippen molar-refractivity contribution in [1.82, 2.24) is 0 Å². The molecule has 0 radical (unpaired) electrons. The van der Waals surface area contributed by atoms with E-state index in [0.29, 0.717) is 12.8 Å². The van der Waals surface area contributed by atoms with Crippen LogP contribution < -0.4 is 0 Å². The van der Waals surface area contributed by atoms with Crippen LogP contribution in [0.4, 0.5) is 0 Å². The molecule has 17 heavy (non-hydrogen) atoms. The molecule has 2 atom stereocenters. The van der Waals surface area contributed by atoms with Crippen LogP contribution in [0.25, 0.3) is 0 Å². The van der Waals surface area contributed by atoms with E-state index in [1.165, 1.54) is 0 Å². The van der Waals surface area contributed by atoms with Crippen LogP contribution in [0, 0.1) is 11.8 Å². The van der Waals surface area contributed by atoms with Crippen LogP contribution in [0.5, 0.6) is 0 Å². The van der Waals surface area contributed by atoms with Gasteiger partial charge in [-0.1, -0.05) is 44.2 Å². The monoisotopic (exact) mass is 234 g/mol. The highest BCUT2D eigenvalue weighted by molar-refractivity contribution is 5.85. The first-order valence-corrected chi connectivity index (χ1v) is 5.82. The molecule has 0 aliphatic heterocycles. The average Bonchev–Trinajstić information content (AvgIpc) is 2.35. The number of ketones is 1. The number of aliphatic carboxylic acids is 1. The van der Waals surface area contributed by atoms with E-state index in [0.717, 1.165) is 5.56 Å². The lowest BCUT2D eigenvalue weighted by Crippen LogP contribution is -2.25. The standard InChI is InChI=1S/C14H18O3/c1-10(11(2)14(16)17)13(15)9-8-12-6-4-3-5-7-12/h3-7,10-11H,8-9H2,1-2H3,(H,16,17). The molecule has 1 N–H and O–H groups in total. The number of carboxylic acids is 1. The summed E-state index contributed by atoms with van der Waals surface area (Å²) in [5.74, 6) is -1.93. The van der Waals surface area contributed by atoms with Gasteiger partial charge in [0, 0.05) is 12.3 Å². The molecule has 0 aromatic heterocycles. The van der Waals surface area contributed by atoms with Crippen LogP contribution in [0.2, 0.25) is 0 Å². The fourth-order valence-corrected chi connectivity index (χ4v) is 1.63. The third-order valence-corrected chi connectivity index (χ3v) is 3.15. The van der Waals surface area contributed by atoms with E-state index < -0.39 is 17.8 Å².